The van der Waals surface area contributed by atoms with Crippen molar-refractivity contribution < 1.29 is 26.7 Å². The highest BCUT2D eigenvalue weighted by molar-refractivity contribution is 6.33. The first-order chi connectivity index (χ1) is 16.0. The fourth-order valence-electron chi connectivity index (χ4n) is 3.11. The highest BCUT2D eigenvalue weighted by Gasteiger charge is 2.34. The highest BCUT2D eigenvalue weighted by Crippen LogP contribution is 2.33. The van der Waals surface area contributed by atoms with Crippen LogP contribution >= 0.6 is 11.6 Å². The lowest BCUT2D eigenvalue weighted by molar-refractivity contribution is -0.139. The van der Waals surface area contributed by atoms with Gasteiger partial charge >= 0.3 is 11.9 Å². The zero-order chi connectivity index (χ0) is 24.6. The zero-order valence-electron chi connectivity index (χ0n) is 16.8. The van der Waals surface area contributed by atoms with Gasteiger partial charge in [0.1, 0.15) is 11.6 Å². The highest BCUT2D eigenvalue weighted by atomic mass is 35.5. The van der Waals surface area contributed by atoms with E-state index >= 15 is 0 Å². The second-order valence-corrected chi connectivity index (χ2v) is 7.39. The normalized spacial score (nSPS) is 11.5. The number of nitrogens with zero attached hydrogens (tertiary/aromatic N) is 2. The van der Waals surface area contributed by atoms with Crippen LogP contribution in [0.15, 0.2) is 65.5 Å². The van der Waals surface area contributed by atoms with Crippen molar-refractivity contribution in [2.75, 3.05) is 5.32 Å². The smallest absolute Gasteiger partial charge is 0.322 e. The molecule has 0 atom stereocenters. The average molecular weight is 495 g/mol. The molecule has 0 saturated carbocycles. The second kappa shape index (κ2) is 8.75. The molecule has 0 spiro atoms. The summed E-state index contributed by atoms with van der Waals surface area (Å²) in [4.78, 5) is 27.1. The standard InChI is InChI=1S/C22H12ClF5N4O2/c23-15-2-1-3-17(25)18(15)19-30-21(34)32(31-19)13-7-4-11(5-8-13)20(33)29-12-6-9-16(24)14(10-12)22(26,27)28/h1-10H,(H,29,33)(H,30,31,34). The molecule has 0 aliphatic carbocycles. The summed E-state index contributed by atoms with van der Waals surface area (Å²) in [5.74, 6) is -3.02. The molecule has 0 fully saturated rings. The van der Waals surface area contributed by atoms with Crippen molar-refractivity contribution in [2.24, 2.45) is 0 Å². The molecule has 2 N–H and O–H groups in total. The van der Waals surface area contributed by atoms with Gasteiger partial charge in [-0.2, -0.15) is 17.9 Å². The van der Waals surface area contributed by atoms with Crippen LogP contribution in [0.3, 0.4) is 0 Å². The first-order valence-electron chi connectivity index (χ1n) is 9.47. The van der Waals surface area contributed by atoms with Gasteiger partial charge in [-0.1, -0.05) is 17.7 Å². The fraction of sp³-hybridized carbons (Fsp3) is 0.0455. The van der Waals surface area contributed by atoms with Crippen LogP contribution in [0.25, 0.3) is 17.1 Å². The molecule has 4 rings (SSSR count). The predicted octanol–water partition coefficient (Wildman–Crippen LogP) is 5.43. The van der Waals surface area contributed by atoms with E-state index in [0.29, 0.717) is 12.1 Å². The molecular weight excluding hydrogens is 483 g/mol. The monoisotopic (exact) mass is 494 g/mol. The fourth-order valence-corrected chi connectivity index (χ4v) is 3.37. The molecular formula is C22H12ClF5N4O2. The van der Waals surface area contributed by atoms with E-state index < -0.39 is 35.0 Å². The van der Waals surface area contributed by atoms with E-state index in [9.17, 15) is 31.5 Å². The van der Waals surface area contributed by atoms with Crippen LogP contribution in [-0.4, -0.2) is 20.7 Å². The maximum atomic E-state index is 14.1. The van der Waals surface area contributed by atoms with Gasteiger partial charge in [-0.3, -0.25) is 9.78 Å². The minimum absolute atomic E-state index is 0.0439. The summed E-state index contributed by atoms with van der Waals surface area (Å²) in [6.07, 6.45) is -4.92. The van der Waals surface area contributed by atoms with Crippen LogP contribution in [0.5, 0.6) is 0 Å². The Hall–Kier alpha value is -3.99. The lowest BCUT2D eigenvalue weighted by Crippen LogP contribution is -2.17. The van der Waals surface area contributed by atoms with Crippen LogP contribution in [0.4, 0.5) is 27.6 Å². The lowest BCUT2D eigenvalue weighted by Gasteiger charge is -2.11. The lowest BCUT2D eigenvalue weighted by atomic mass is 10.1. The molecule has 174 valence electrons. The van der Waals surface area contributed by atoms with Crippen LogP contribution in [0.1, 0.15) is 15.9 Å². The minimum Gasteiger partial charge on any atom is -0.322 e. The van der Waals surface area contributed by atoms with E-state index in [1.54, 1.807) is 0 Å². The third kappa shape index (κ3) is 4.55. The van der Waals surface area contributed by atoms with Gasteiger partial charge in [-0.05, 0) is 54.6 Å². The van der Waals surface area contributed by atoms with Gasteiger partial charge in [0, 0.05) is 11.3 Å². The first-order valence-corrected chi connectivity index (χ1v) is 9.84. The second-order valence-electron chi connectivity index (χ2n) is 6.98. The van der Waals surface area contributed by atoms with Crippen molar-refractivity contribution in [2.45, 2.75) is 6.18 Å². The Kier molecular flexibility index (Phi) is 5.96. The van der Waals surface area contributed by atoms with E-state index in [1.807, 2.05) is 0 Å². The third-order valence-electron chi connectivity index (χ3n) is 4.72. The predicted molar refractivity (Wildman–Crippen MR) is 114 cm³/mol. The van der Waals surface area contributed by atoms with Gasteiger partial charge in [-0.15, -0.1) is 5.10 Å². The Morgan fingerprint density at radius 2 is 1.71 bits per heavy atom. The van der Waals surface area contributed by atoms with Gasteiger partial charge in [-0.25, -0.2) is 13.6 Å². The van der Waals surface area contributed by atoms with E-state index in [0.717, 1.165) is 16.8 Å². The first kappa shape index (κ1) is 23.2. The minimum atomic E-state index is -4.92. The number of H-pyrrole nitrogens is 1. The van der Waals surface area contributed by atoms with Crippen molar-refractivity contribution in [3.63, 3.8) is 0 Å². The summed E-state index contributed by atoms with van der Waals surface area (Å²) in [6, 6.07) is 11.4. The molecule has 0 radical (unpaired) electrons. The molecule has 0 bridgehead atoms. The van der Waals surface area contributed by atoms with Gasteiger partial charge in [0.2, 0.25) is 0 Å². The summed E-state index contributed by atoms with van der Waals surface area (Å²) in [5, 5.41) is 6.33. The van der Waals surface area contributed by atoms with Crippen molar-refractivity contribution in [1.82, 2.24) is 14.8 Å². The van der Waals surface area contributed by atoms with Crippen molar-refractivity contribution >= 4 is 23.2 Å². The Balaban J connectivity index is 1.57. The molecule has 12 heteroatoms. The van der Waals surface area contributed by atoms with E-state index in [1.165, 1.54) is 36.4 Å². The number of amides is 1. The van der Waals surface area contributed by atoms with Gasteiger partial charge in [0.15, 0.2) is 5.82 Å². The molecule has 0 saturated heterocycles. The molecule has 6 nitrogen and oxygen atoms in total. The van der Waals surface area contributed by atoms with Crippen molar-refractivity contribution in [3.8, 4) is 17.1 Å². The third-order valence-corrected chi connectivity index (χ3v) is 5.04. The van der Waals surface area contributed by atoms with E-state index in [4.69, 9.17) is 11.6 Å². The van der Waals surface area contributed by atoms with Crippen molar-refractivity contribution in [3.05, 3.63) is 98.9 Å². The van der Waals surface area contributed by atoms with Gasteiger partial charge in [0.25, 0.3) is 5.91 Å². The molecule has 1 heterocycles. The van der Waals surface area contributed by atoms with Crippen LogP contribution in [0.2, 0.25) is 5.02 Å². The number of hydrogen-bond acceptors (Lipinski definition) is 3. The summed E-state index contributed by atoms with van der Waals surface area (Å²) >= 11 is 6.00. The maximum absolute atomic E-state index is 14.1. The molecule has 1 aromatic heterocycles. The number of hydrogen-bond donors (Lipinski definition) is 2. The summed E-state index contributed by atoms with van der Waals surface area (Å²) in [5.41, 5.74) is -2.28. The topological polar surface area (TPSA) is 79.8 Å². The number of aromatic nitrogens is 3. The number of alkyl halides is 3. The van der Waals surface area contributed by atoms with E-state index in [-0.39, 0.29) is 33.3 Å². The molecule has 0 unspecified atom stereocenters. The van der Waals surface area contributed by atoms with Gasteiger partial charge < -0.3 is 5.32 Å². The number of nitrogens with one attached hydrogen (secondary N) is 2. The summed E-state index contributed by atoms with van der Waals surface area (Å²) in [7, 11) is 0. The number of benzene rings is 3. The molecule has 0 aliphatic heterocycles. The summed E-state index contributed by atoms with van der Waals surface area (Å²) < 4.78 is 67.1. The SMILES string of the molecule is O=C(Nc1ccc(F)c(C(F)(F)F)c1)c1ccc(-n2nc(-c3c(F)cccc3Cl)[nH]c2=O)cc1. The molecule has 4 aromatic rings. The quantitative estimate of drug-likeness (QED) is 0.371. The van der Waals surface area contributed by atoms with Crippen LogP contribution in [0, 0.1) is 11.6 Å². The van der Waals surface area contributed by atoms with Crippen molar-refractivity contribution in [1.29, 1.82) is 0 Å². The zero-order valence-corrected chi connectivity index (χ0v) is 17.5. The number of carbonyl (C=O) groups excluding carboxylic acids is 1. The Morgan fingerprint density at radius 3 is 2.35 bits per heavy atom. The number of carbonyl (C=O) groups is 1. The number of rotatable bonds is 4. The van der Waals surface area contributed by atoms with Gasteiger partial charge in [0.05, 0.1) is 21.8 Å². The Morgan fingerprint density at radius 1 is 1.00 bits per heavy atom. The molecule has 34 heavy (non-hydrogen) atoms. The number of anilines is 1. The number of halogens is 6. The maximum Gasteiger partial charge on any atom is 0.419 e. The van der Waals surface area contributed by atoms with Crippen LogP contribution in [-0.2, 0) is 6.18 Å². The summed E-state index contributed by atoms with van der Waals surface area (Å²) in [6.45, 7) is 0. The Bertz CT molecular complexity index is 1420. The molecule has 1 amide bonds. The average Bonchev–Trinajstić information content (AvgIpc) is 3.15. The van der Waals surface area contributed by atoms with E-state index in [2.05, 4.69) is 15.4 Å². The number of aromatic amines is 1. The van der Waals surface area contributed by atoms with Crippen LogP contribution < -0.4 is 11.0 Å². The largest absolute Gasteiger partial charge is 0.419 e. The Labute approximate surface area is 192 Å². The molecule has 3 aromatic carbocycles. The molecule has 0 aliphatic rings.